The quantitative estimate of drug-likeness (QED) is 0.594. The Balaban J connectivity index is 2.41. The lowest BCUT2D eigenvalue weighted by Gasteiger charge is -2.14. The second-order valence-corrected chi connectivity index (χ2v) is 4.28. The molecule has 1 aromatic carbocycles. The van der Waals surface area contributed by atoms with Crippen molar-refractivity contribution in [3.8, 4) is 5.75 Å². The number of benzene rings is 1. The summed E-state index contributed by atoms with van der Waals surface area (Å²) in [7, 11) is 0. The van der Waals surface area contributed by atoms with Gasteiger partial charge in [0.1, 0.15) is 12.7 Å². The topological polar surface area (TPSA) is 41.5 Å². The van der Waals surface area contributed by atoms with Gasteiger partial charge in [0.05, 0.1) is 10.0 Å². The van der Waals surface area contributed by atoms with Gasteiger partial charge in [-0.25, -0.2) is 0 Å². The van der Waals surface area contributed by atoms with Gasteiger partial charge in [-0.3, -0.25) is 0 Å². The Hall–Kier alpha value is -0.740. The van der Waals surface area contributed by atoms with Crippen molar-refractivity contribution >= 4 is 23.2 Å². The molecular formula is C12H15Cl2NO2. The summed E-state index contributed by atoms with van der Waals surface area (Å²) in [5, 5.41) is 13.5. The van der Waals surface area contributed by atoms with Crippen LogP contribution in [-0.4, -0.2) is 30.9 Å². The number of nitrogens with one attached hydrogen (secondary N) is 1. The van der Waals surface area contributed by atoms with E-state index in [1.54, 1.807) is 24.3 Å². The zero-order valence-corrected chi connectivity index (χ0v) is 10.8. The van der Waals surface area contributed by atoms with Crippen molar-refractivity contribution in [2.45, 2.75) is 6.10 Å². The van der Waals surface area contributed by atoms with Crippen LogP contribution in [0.5, 0.6) is 5.75 Å². The molecule has 94 valence electrons. The van der Waals surface area contributed by atoms with Gasteiger partial charge in [0.15, 0.2) is 5.75 Å². The highest BCUT2D eigenvalue weighted by atomic mass is 35.5. The van der Waals surface area contributed by atoms with Gasteiger partial charge in [-0.2, -0.15) is 0 Å². The first kappa shape index (κ1) is 14.3. The summed E-state index contributed by atoms with van der Waals surface area (Å²) in [4.78, 5) is 0. The molecule has 17 heavy (non-hydrogen) atoms. The van der Waals surface area contributed by atoms with Crippen molar-refractivity contribution in [3.63, 3.8) is 0 Å². The normalized spacial score (nSPS) is 12.2. The molecule has 3 nitrogen and oxygen atoms in total. The minimum Gasteiger partial charge on any atom is -0.488 e. The van der Waals surface area contributed by atoms with Crippen molar-refractivity contribution in [3.05, 3.63) is 40.9 Å². The van der Waals surface area contributed by atoms with Gasteiger partial charge >= 0.3 is 0 Å². The third-order valence-electron chi connectivity index (χ3n) is 2.01. The minimum absolute atomic E-state index is 0.133. The zero-order valence-electron chi connectivity index (χ0n) is 9.33. The molecular weight excluding hydrogens is 261 g/mol. The van der Waals surface area contributed by atoms with Crippen LogP contribution in [0.3, 0.4) is 0 Å². The number of hydrogen-bond acceptors (Lipinski definition) is 3. The molecule has 1 unspecified atom stereocenters. The molecule has 2 N–H and O–H groups in total. The number of halogens is 2. The number of rotatable bonds is 7. The number of aliphatic hydroxyl groups excluding tert-OH is 1. The summed E-state index contributed by atoms with van der Waals surface area (Å²) in [6, 6.07) is 5.11. The number of para-hydroxylation sites is 1. The maximum atomic E-state index is 9.61. The number of ether oxygens (including phenoxy) is 1. The van der Waals surface area contributed by atoms with Crippen molar-refractivity contribution in [2.75, 3.05) is 19.7 Å². The average Bonchev–Trinajstić information content (AvgIpc) is 2.29. The molecule has 0 fully saturated rings. The molecule has 0 aromatic heterocycles. The summed E-state index contributed by atoms with van der Waals surface area (Å²) in [5.74, 6) is 0.401. The average molecular weight is 276 g/mol. The smallest absolute Gasteiger partial charge is 0.156 e. The van der Waals surface area contributed by atoms with Crippen LogP contribution < -0.4 is 10.1 Å². The predicted molar refractivity (Wildman–Crippen MR) is 71.0 cm³/mol. The van der Waals surface area contributed by atoms with Crippen LogP contribution in [-0.2, 0) is 0 Å². The van der Waals surface area contributed by atoms with Gasteiger partial charge < -0.3 is 15.2 Å². The fourth-order valence-corrected chi connectivity index (χ4v) is 1.72. The van der Waals surface area contributed by atoms with Gasteiger partial charge in [-0.1, -0.05) is 35.3 Å². The monoisotopic (exact) mass is 275 g/mol. The SMILES string of the molecule is C=CCNCC(O)COc1c(Cl)cccc1Cl. The molecule has 0 saturated carbocycles. The maximum Gasteiger partial charge on any atom is 0.156 e. The van der Waals surface area contributed by atoms with Gasteiger partial charge in [0, 0.05) is 13.1 Å². The fraction of sp³-hybridized carbons (Fsp3) is 0.333. The zero-order chi connectivity index (χ0) is 12.7. The van der Waals surface area contributed by atoms with Gasteiger partial charge in [0.2, 0.25) is 0 Å². The third kappa shape index (κ3) is 4.96. The summed E-state index contributed by atoms with van der Waals surface area (Å²) < 4.78 is 5.38. The molecule has 0 radical (unpaired) electrons. The van der Waals surface area contributed by atoms with E-state index in [0.29, 0.717) is 28.9 Å². The highest BCUT2D eigenvalue weighted by Crippen LogP contribution is 2.32. The molecule has 1 rings (SSSR count). The third-order valence-corrected chi connectivity index (χ3v) is 2.60. The Kier molecular flexibility index (Phi) is 6.37. The fourth-order valence-electron chi connectivity index (χ4n) is 1.21. The molecule has 1 atom stereocenters. The Morgan fingerprint density at radius 2 is 2.06 bits per heavy atom. The van der Waals surface area contributed by atoms with Crippen molar-refractivity contribution in [1.82, 2.24) is 5.32 Å². The first-order chi connectivity index (χ1) is 8.15. The first-order valence-corrected chi connectivity index (χ1v) is 5.97. The molecule has 0 heterocycles. The van der Waals surface area contributed by atoms with Crippen molar-refractivity contribution in [1.29, 1.82) is 0 Å². The summed E-state index contributed by atoms with van der Waals surface area (Å²) >= 11 is 11.8. The number of hydrogen-bond donors (Lipinski definition) is 2. The lowest BCUT2D eigenvalue weighted by Crippen LogP contribution is -2.31. The Morgan fingerprint density at radius 1 is 1.41 bits per heavy atom. The van der Waals surface area contributed by atoms with Gasteiger partial charge in [-0.15, -0.1) is 6.58 Å². The van der Waals surface area contributed by atoms with E-state index in [2.05, 4.69) is 11.9 Å². The summed E-state index contributed by atoms with van der Waals surface area (Å²) in [6.07, 6.45) is 1.10. The largest absolute Gasteiger partial charge is 0.488 e. The van der Waals surface area contributed by atoms with E-state index in [1.807, 2.05) is 0 Å². The molecule has 0 bridgehead atoms. The molecule has 1 aromatic rings. The van der Waals surface area contributed by atoms with E-state index < -0.39 is 6.10 Å². The highest BCUT2D eigenvalue weighted by Gasteiger charge is 2.09. The minimum atomic E-state index is -0.623. The molecule has 0 aliphatic carbocycles. The maximum absolute atomic E-state index is 9.61. The van der Waals surface area contributed by atoms with Crippen LogP contribution in [0.2, 0.25) is 10.0 Å². The molecule has 0 aliphatic rings. The predicted octanol–water partition coefficient (Wildman–Crippen LogP) is 2.51. The molecule has 0 spiro atoms. The van der Waals surface area contributed by atoms with E-state index in [1.165, 1.54) is 0 Å². The summed E-state index contributed by atoms with van der Waals surface area (Å²) in [6.45, 7) is 4.76. The van der Waals surface area contributed by atoms with E-state index in [9.17, 15) is 5.11 Å². The molecule has 5 heteroatoms. The Bertz CT molecular complexity index is 351. The van der Waals surface area contributed by atoms with Crippen molar-refractivity contribution in [2.24, 2.45) is 0 Å². The second kappa shape index (κ2) is 7.56. The van der Waals surface area contributed by atoms with Crippen LogP contribution >= 0.6 is 23.2 Å². The number of aliphatic hydroxyl groups is 1. The van der Waals surface area contributed by atoms with E-state index in [-0.39, 0.29) is 6.61 Å². The lowest BCUT2D eigenvalue weighted by molar-refractivity contribution is 0.107. The van der Waals surface area contributed by atoms with Crippen LogP contribution in [0.4, 0.5) is 0 Å². The van der Waals surface area contributed by atoms with Crippen LogP contribution in [0.15, 0.2) is 30.9 Å². The summed E-state index contributed by atoms with van der Waals surface area (Å²) in [5.41, 5.74) is 0. The van der Waals surface area contributed by atoms with E-state index >= 15 is 0 Å². The van der Waals surface area contributed by atoms with E-state index in [0.717, 1.165) is 0 Å². The van der Waals surface area contributed by atoms with Crippen LogP contribution in [0, 0.1) is 0 Å². The molecule has 0 aliphatic heterocycles. The Morgan fingerprint density at radius 3 is 2.65 bits per heavy atom. The lowest BCUT2D eigenvalue weighted by atomic mass is 10.3. The van der Waals surface area contributed by atoms with Crippen LogP contribution in [0.25, 0.3) is 0 Å². The Labute approximate surface area is 111 Å². The van der Waals surface area contributed by atoms with Gasteiger partial charge in [0.25, 0.3) is 0 Å². The molecule has 0 amide bonds. The standard InChI is InChI=1S/C12H15Cl2NO2/c1-2-6-15-7-9(16)8-17-12-10(13)4-3-5-11(12)14/h2-5,9,15-16H,1,6-8H2. The highest BCUT2D eigenvalue weighted by molar-refractivity contribution is 6.37. The van der Waals surface area contributed by atoms with Crippen LogP contribution in [0.1, 0.15) is 0 Å². The molecule has 0 saturated heterocycles. The second-order valence-electron chi connectivity index (χ2n) is 3.46. The van der Waals surface area contributed by atoms with Crippen molar-refractivity contribution < 1.29 is 9.84 Å². The first-order valence-electron chi connectivity index (χ1n) is 5.21. The van der Waals surface area contributed by atoms with E-state index in [4.69, 9.17) is 27.9 Å². The van der Waals surface area contributed by atoms with Gasteiger partial charge in [-0.05, 0) is 12.1 Å².